The monoisotopic (exact) mass is 272 g/mol. The van der Waals surface area contributed by atoms with Gasteiger partial charge in [-0.1, -0.05) is 0 Å². The maximum absolute atomic E-state index is 10.8. The van der Waals surface area contributed by atoms with Crippen molar-refractivity contribution in [3.05, 3.63) is 39.9 Å². The summed E-state index contributed by atoms with van der Waals surface area (Å²) in [6, 6.07) is 5.58. The Morgan fingerprint density at radius 1 is 1.44 bits per heavy atom. The van der Waals surface area contributed by atoms with E-state index in [2.05, 4.69) is 5.32 Å². The SMILES string of the molecule is O.O=C(O)[C@H]1CSC(c2ccc([N+](=O)[O-])cc2)N1. The zero-order valence-corrected chi connectivity index (χ0v) is 10.0. The second kappa shape index (κ2) is 5.80. The summed E-state index contributed by atoms with van der Waals surface area (Å²) in [5.41, 5.74) is 0.885. The van der Waals surface area contributed by atoms with Crippen molar-refractivity contribution in [2.24, 2.45) is 0 Å². The molecule has 4 N–H and O–H groups in total. The van der Waals surface area contributed by atoms with Crippen molar-refractivity contribution in [1.29, 1.82) is 0 Å². The lowest BCUT2D eigenvalue weighted by molar-refractivity contribution is -0.384. The van der Waals surface area contributed by atoms with Crippen LogP contribution in [0.2, 0.25) is 0 Å². The predicted octanol–water partition coefficient (Wildman–Crippen LogP) is 0.558. The van der Waals surface area contributed by atoms with E-state index in [4.69, 9.17) is 5.11 Å². The molecule has 18 heavy (non-hydrogen) atoms. The van der Waals surface area contributed by atoms with E-state index in [1.54, 1.807) is 12.1 Å². The summed E-state index contributed by atoms with van der Waals surface area (Å²) in [5, 5.41) is 22.1. The Morgan fingerprint density at radius 3 is 2.50 bits per heavy atom. The number of carboxylic acid groups (broad SMARTS) is 1. The van der Waals surface area contributed by atoms with Crippen LogP contribution in [0.4, 0.5) is 5.69 Å². The number of nitrogens with zero attached hydrogens (tertiary/aromatic N) is 1. The van der Waals surface area contributed by atoms with Gasteiger partial charge in [-0.3, -0.25) is 20.2 Å². The number of hydrogen-bond donors (Lipinski definition) is 2. The van der Waals surface area contributed by atoms with E-state index in [1.807, 2.05) is 0 Å². The molecular formula is C10H12N2O5S. The van der Waals surface area contributed by atoms with Gasteiger partial charge in [0.1, 0.15) is 6.04 Å². The highest BCUT2D eigenvalue weighted by atomic mass is 32.2. The van der Waals surface area contributed by atoms with E-state index in [0.717, 1.165) is 5.56 Å². The molecule has 1 aliphatic heterocycles. The fraction of sp³-hybridized carbons (Fsp3) is 0.300. The van der Waals surface area contributed by atoms with Crippen molar-refractivity contribution >= 4 is 23.4 Å². The van der Waals surface area contributed by atoms with E-state index in [0.29, 0.717) is 5.75 Å². The van der Waals surface area contributed by atoms with Gasteiger partial charge in [0.15, 0.2) is 0 Å². The van der Waals surface area contributed by atoms with Crippen LogP contribution in [0.1, 0.15) is 10.9 Å². The Labute approximate surface area is 107 Å². The molecule has 2 rings (SSSR count). The van der Waals surface area contributed by atoms with Gasteiger partial charge in [-0.25, -0.2) is 0 Å². The Bertz CT molecular complexity index is 450. The minimum atomic E-state index is -0.873. The van der Waals surface area contributed by atoms with Gasteiger partial charge in [-0.15, -0.1) is 11.8 Å². The average molecular weight is 272 g/mol. The molecule has 8 heteroatoms. The summed E-state index contributed by atoms with van der Waals surface area (Å²) in [5.74, 6) is -0.376. The molecule has 98 valence electrons. The number of nitro benzene ring substituents is 1. The largest absolute Gasteiger partial charge is 0.480 e. The van der Waals surface area contributed by atoms with Crippen LogP contribution in [-0.4, -0.2) is 33.3 Å². The molecule has 1 aromatic carbocycles. The van der Waals surface area contributed by atoms with Crippen LogP contribution in [0.25, 0.3) is 0 Å². The van der Waals surface area contributed by atoms with Crippen molar-refractivity contribution in [1.82, 2.24) is 5.32 Å². The quantitative estimate of drug-likeness (QED) is 0.612. The number of hydrogen-bond acceptors (Lipinski definition) is 5. The van der Waals surface area contributed by atoms with Crippen LogP contribution in [0, 0.1) is 10.1 Å². The molecule has 0 radical (unpaired) electrons. The maximum atomic E-state index is 10.8. The number of carboxylic acids is 1. The molecule has 1 aliphatic rings. The van der Waals surface area contributed by atoms with Gasteiger partial charge in [0, 0.05) is 17.9 Å². The second-order valence-corrected chi connectivity index (χ2v) is 4.76. The number of nitro groups is 1. The van der Waals surface area contributed by atoms with Gasteiger partial charge in [0.05, 0.1) is 10.3 Å². The topological polar surface area (TPSA) is 124 Å². The van der Waals surface area contributed by atoms with Gasteiger partial charge in [-0.2, -0.15) is 0 Å². The number of aliphatic carboxylic acids is 1. The number of non-ortho nitro benzene ring substituents is 1. The first-order valence-electron chi connectivity index (χ1n) is 4.93. The highest BCUT2D eigenvalue weighted by Gasteiger charge is 2.30. The average Bonchev–Trinajstić information content (AvgIpc) is 2.78. The summed E-state index contributed by atoms with van der Waals surface area (Å²) >= 11 is 1.48. The normalized spacial score (nSPS) is 22.2. The highest BCUT2D eigenvalue weighted by molar-refractivity contribution is 7.99. The number of rotatable bonds is 3. The summed E-state index contributed by atoms with van der Waals surface area (Å²) < 4.78 is 0. The first-order chi connectivity index (χ1) is 8.08. The van der Waals surface area contributed by atoms with Crippen molar-refractivity contribution in [3.63, 3.8) is 0 Å². The van der Waals surface area contributed by atoms with Gasteiger partial charge in [0.25, 0.3) is 5.69 Å². The Hall–Kier alpha value is -1.64. The molecule has 0 saturated carbocycles. The third-order valence-electron chi connectivity index (χ3n) is 2.49. The minimum Gasteiger partial charge on any atom is -0.480 e. The van der Waals surface area contributed by atoms with E-state index >= 15 is 0 Å². The van der Waals surface area contributed by atoms with Crippen LogP contribution in [0.5, 0.6) is 0 Å². The molecule has 7 nitrogen and oxygen atoms in total. The Kier molecular flexibility index (Phi) is 4.65. The van der Waals surface area contributed by atoms with E-state index in [9.17, 15) is 14.9 Å². The minimum absolute atomic E-state index is 0. The standard InChI is InChI=1S/C10H10N2O4S.H2O/c13-10(14)8-5-17-9(11-8)6-1-3-7(4-2-6)12(15)16;/h1-4,8-9,11H,5H2,(H,13,14);1H2/t8-,9?;/m1./s1. The fourth-order valence-electron chi connectivity index (χ4n) is 1.58. The van der Waals surface area contributed by atoms with Crippen LogP contribution >= 0.6 is 11.8 Å². The van der Waals surface area contributed by atoms with Crippen LogP contribution in [0.3, 0.4) is 0 Å². The summed E-state index contributed by atoms with van der Waals surface area (Å²) in [6.45, 7) is 0. The molecule has 1 unspecified atom stereocenters. The molecule has 1 aromatic rings. The molecule has 1 fully saturated rings. The third-order valence-corrected chi connectivity index (χ3v) is 3.75. The molecule has 0 amide bonds. The lowest BCUT2D eigenvalue weighted by atomic mass is 10.2. The molecule has 1 saturated heterocycles. The van der Waals surface area contributed by atoms with Crippen molar-refractivity contribution in [3.8, 4) is 0 Å². The summed E-state index contributed by atoms with van der Waals surface area (Å²) in [6.07, 6.45) is 0. The maximum Gasteiger partial charge on any atom is 0.321 e. The molecular weight excluding hydrogens is 260 g/mol. The van der Waals surface area contributed by atoms with Crippen molar-refractivity contribution in [2.45, 2.75) is 11.4 Å². The lowest BCUT2D eigenvalue weighted by Gasteiger charge is -2.10. The van der Waals surface area contributed by atoms with Crippen molar-refractivity contribution < 1.29 is 20.3 Å². The summed E-state index contributed by atoms with van der Waals surface area (Å²) in [4.78, 5) is 20.8. The molecule has 0 bridgehead atoms. The smallest absolute Gasteiger partial charge is 0.321 e. The van der Waals surface area contributed by atoms with Crippen LogP contribution in [0.15, 0.2) is 24.3 Å². The first-order valence-corrected chi connectivity index (χ1v) is 5.97. The molecule has 0 aromatic heterocycles. The second-order valence-electron chi connectivity index (χ2n) is 3.62. The highest BCUT2D eigenvalue weighted by Crippen LogP contribution is 2.33. The number of benzene rings is 1. The van der Waals surface area contributed by atoms with E-state index in [-0.39, 0.29) is 16.5 Å². The third kappa shape index (κ3) is 2.97. The zero-order valence-electron chi connectivity index (χ0n) is 9.20. The summed E-state index contributed by atoms with van der Waals surface area (Å²) in [7, 11) is 0. The van der Waals surface area contributed by atoms with Gasteiger partial charge >= 0.3 is 5.97 Å². The number of nitrogens with one attached hydrogen (secondary N) is 1. The van der Waals surface area contributed by atoms with E-state index < -0.39 is 16.9 Å². The number of carbonyl (C=O) groups is 1. The fourth-order valence-corrected chi connectivity index (χ4v) is 2.81. The molecule has 1 heterocycles. The van der Waals surface area contributed by atoms with Gasteiger partial charge in [-0.05, 0) is 17.7 Å². The Morgan fingerprint density at radius 2 is 2.06 bits per heavy atom. The zero-order chi connectivity index (χ0) is 12.4. The predicted molar refractivity (Wildman–Crippen MR) is 66.5 cm³/mol. The van der Waals surface area contributed by atoms with Gasteiger partial charge < -0.3 is 10.6 Å². The van der Waals surface area contributed by atoms with E-state index in [1.165, 1.54) is 23.9 Å². The Balaban J connectivity index is 0.00000162. The lowest BCUT2D eigenvalue weighted by Crippen LogP contribution is -2.33. The van der Waals surface area contributed by atoms with Crippen molar-refractivity contribution in [2.75, 3.05) is 5.75 Å². The van der Waals surface area contributed by atoms with Gasteiger partial charge in [0.2, 0.25) is 0 Å². The number of thioether (sulfide) groups is 1. The van der Waals surface area contributed by atoms with Crippen LogP contribution < -0.4 is 5.32 Å². The molecule has 0 aliphatic carbocycles. The molecule has 2 atom stereocenters. The van der Waals surface area contributed by atoms with Crippen LogP contribution in [-0.2, 0) is 4.79 Å². The first kappa shape index (κ1) is 14.4. The molecule has 0 spiro atoms.